The molecule has 2 aromatic carbocycles. The smallest absolute Gasteiger partial charge is 0.191 e. The van der Waals surface area contributed by atoms with Crippen LogP contribution in [0.2, 0.25) is 0 Å². The summed E-state index contributed by atoms with van der Waals surface area (Å²) in [7, 11) is 1.66. The second-order valence-corrected chi connectivity index (χ2v) is 6.63. The van der Waals surface area contributed by atoms with E-state index in [2.05, 4.69) is 15.6 Å². The van der Waals surface area contributed by atoms with Crippen molar-refractivity contribution in [3.63, 3.8) is 0 Å². The van der Waals surface area contributed by atoms with Crippen molar-refractivity contribution in [3.05, 3.63) is 65.7 Å². The van der Waals surface area contributed by atoms with Crippen LogP contribution in [0.25, 0.3) is 0 Å². The van der Waals surface area contributed by atoms with E-state index in [1.54, 1.807) is 14.0 Å². The summed E-state index contributed by atoms with van der Waals surface area (Å²) in [6.45, 7) is 6.39. The van der Waals surface area contributed by atoms with Gasteiger partial charge in [-0.05, 0) is 25.5 Å². The molecule has 0 spiro atoms. The third kappa shape index (κ3) is 6.87. The molecule has 0 saturated carbocycles. The van der Waals surface area contributed by atoms with Gasteiger partial charge in [-0.1, -0.05) is 48.5 Å². The second-order valence-electron chi connectivity index (χ2n) is 6.63. The Kier molecular flexibility index (Phi) is 8.78. The van der Waals surface area contributed by atoms with Gasteiger partial charge in [-0.3, -0.25) is 0 Å². The van der Waals surface area contributed by atoms with Crippen molar-refractivity contribution >= 4 is 5.96 Å². The van der Waals surface area contributed by atoms with Crippen LogP contribution in [-0.2, 0) is 16.9 Å². The first kappa shape index (κ1) is 21.7. The van der Waals surface area contributed by atoms with Gasteiger partial charge in [0.25, 0.3) is 0 Å². The Hall–Kier alpha value is -2.57. The predicted molar refractivity (Wildman–Crippen MR) is 113 cm³/mol. The number of aliphatic imine (C=N–C) groups is 1. The molecular formula is C22H31N3O3. The summed E-state index contributed by atoms with van der Waals surface area (Å²) in [6, 6.07) is 17.4. The minimum atomic E-state index is -1.02. The van der Waals surface area contributed by atoms with Gasteiger partial charge < -0.3 is 25.2 Å². The molecule has 2 aromatic rings. The molecule has 1 atom stereocenters. The number of para-hydroxylation sites is 1. The van der Waals surface area contributed by atoms with Crippen LogP contribution in [-0.4, -0.2) is 44.4 Å². The van der Waals surface area contributed by atoms with Gasteiger partial charge in [0.1, 0.15) is 11.4 Å². The summed E-state index contributed by atoms with van der Waals surface area (Å²) < 4.78 is 11.1. The van der Waals surface area contributed by atoms with Crippen LogP contribution < -0.4 is 15.4 Å². The number of ether oxygens (including phenoxy) is 2. The van der Waals surface area contributed by atoms with Crippen LogP contribution in [0.5, 0.6) is 5.75 Å². The van der Waals surface area contributed by atoms with Gasteiger partial charge >= 0.3 is 0 Å². The Morgan fingerprint density at radius 3 is 2.50 bits per heavy atom. The first-order valence-corrected chi connectivity index (χ1v) is 9.56. The zero-order chi connectivity index (χ0) is 20.2. The number of rotatable bonds is 10. The van der Waals surface area contributed by atoms with E-state index < -0.39 is 5.60 Å². The van der Waals surface area contributed by atoms with E-state index in [9.17, 15) is 5.11 Å². The fourth-order valence-electron chi connectivity index (χ4n) is 2.71. The highest BCUT2D eigenvalue weighted by molar-refractivity contribution is 5.79. The normalized spacial score (nSPS) is 13.6. The molecule has 0 amide bonds. The Morgan fingerprint density at radius 2 is 1.79 bits per heavy atom. The Bertz CT molecular complexity index is 733. The van der Waals surface area contributed by atoms with Crippen molar-refractivity contribution in [2.75, 3.05) is 33.4 Å². The summed E-state index contributed by atoms with van der Waals surface area (Å²) in [4.78, 5) is 4.51. The average molecular weight is 386 g/mol. The fourth-order valence-corrected chi connectivity index (χ4v) is 2.71. The van der Waals surface area contributed by atoms with Crippen LogP contribution in [0, 0.1) is 0 Å². The number of methoxy groups -OCH3 is 1. The molecule has 0 fully saturated rings. The number of hydrogen-bond acceptors (Lipinski definition) is 4. The third-order valence-electron chi connectivity index (χ3n) is 4.27. The number of aliphatic hydroxyl groups is 1. The van der Waals surface area contributed by atoms with Crippen LogP contribution >= 0.6 is 0 Å². The van der Waals surface area contributed by atoms with Crippen molar-refractivity contribution in [2.24, 2.45) is 4.99 Å². The third-order valence-corrected chi connectivity index (χ3v) is 4.27. The fraction of sp³-hybridized carbons (Fsp3) is 0.409. The van der Waals surface area contributed by atoms with Crippen LogP contribution in [0.1, 0.15) is 25.0 Å². The van der Waals surface area contributed by atoms with E-state index in [4.69, 9.17) is 9.47 Å². The summed E-state index contributed by atoms with van der Waals surface area (Å²) in [5.74, 6) is 1.48. The molecule has 0 aliphatic carbocycles. The quantitative estimate of drug-likeness (QED) is 0.333. The molecular weight excluding hydrogens is 354 g/mol. The SMILES string of the molecule is CCNC(=NCC(C)(O)c1ccccc1)NCCOCc1ccccc1OC. The standard InChI is InChI=1S/C22H31N3O3/c1-4-23-21(25-17-22(2,26)19-11-6-5-7-12-19)24-14-15-28-16-18-10-8-9-13-20(18)27-3/h5-13,26H,4,14-17H2,1-3H3,(H2,23,24,25). The summed E-state index contributed by atoms with van der Waals surface area (Å²) in [5, 5.41) is 17.1. The molecule has 0 saturated heterocycles. The lowest BCUT2D eigenvalue weighted by Crippen LogP contribution is -2.40. The molecule has 28 heavy (non-hydrogen) atoms. The highest BCUT2D eigenvalue weighted by Gasteiger charge is 2.22. The number of benzene rings is 2. The molecule has 152 valence electrons. The molecule has 3 N–H and O–H groups in total. The maximum atomic E-state index is 10.7. The van der Waals surface area contributed by atoms with Gasteiger partial charge in [0.05, 0.1) is 26.9 Å². The van der Waals surface area contributed by atoms with Crippen molar-refractivity contribution in [2.45, 2.75) is 26.1 Å². The number of nitrogens with zero attached hydrogens (tertiary/aromatic N) is 1. The van der Waals surface area contributed by atoms with Gasteiger partial charge in [0.15, 0.2) is 5.96 Å². The molecule has 0 radical (unpaired) electrons. The lowest BCUT2D eigenvalue weighted by molar-refractivity contribution is 0.0672. The highest BCUT2D eigenvalue weighted by atomic mass is 16.5. The maximum Gasteiger partial charge on any atom is 0.191 e. The van der Waals surface area contributed by atoms with E-state index >= 15 is 0 Å². The average Bonchev–Trinajstić information content (AvgIpc) is 2.72. The van der Waals surface area contributed by atoms with Crippen molar-refractivity contribution in [1.29, 1.82) is 0 Å². The Balaban J connectivity index is 1.81. The molecule has 0 aliphatic rings. The van der Waals surface area contributed by atoms with Crippen LogP contribution in [0.15, 0.2) is 59.6 Å². The lowest BCUT2D eigenvalue weighted by Gasteiger charge is -2.22. The van der Waals surface area contributed by atoms with E-state index in [1.807, 2.05) is 61.5 Å². The maximum absolute atomic E-state index is 10.7. The molecule has 6 nitrogen and oxygen atoms in total. The van der Waals surface area contributed by atoms with Crippen LogP contribution in [0.4, 0.5) is 0 Å². The summed E-state index contributed by atoms with van der Waals surface area (Å²) >= 11 is 0. The van der Waals surface area contributed by atoms with Crippen molar-refractivity contribution in [3.8, 4) is 5.75 Å². The Labute approximate surface area is 167 Å². The zero-order valence-corrected chi connectivity index (χ0v) is 16.9. The van der Waals surface area contributed by atoms with Crippen molar-refractivity contribution in [1.82, 2.24) is 10.6 Å². The van der Waals surface area contributed by atoms with Crippen molar-refractivity contribution < 1.29 is 14.6 Å². The van der Waals surface area contributed by atoms with E-state index in [-0.39, 0.29) is 6.54 Å². The van der Waals surface area contributed by atoms with E-state index in [0.29, 0.717) is 25.7 Å². The topological polar surface area (TPSA) is 75.1 Å². The van der Waals surface area contributed by atoms with E-state index in [1.165, 1.54) is 0 Å². The van der Waals surface area contributed by atoms with Crippen LogP contribution in [0.3, 0.4) is 0 Å². The van der Waals surface area contributed by atoms with Gasteiger partial charge in [-0.15, -0.1) is 0 Å². The first-order chi connectivity index (χ1) is 13.6. The molecule has 0 bridgehead atoms. The Morgan fingerprint density at radius 1 is 1.07 bits per heavy atom. The van der Waals surface area contributed by atoms with E-state index in [0.717, 1.165) is 23.4 Å². The molecule has 0 aliphatic heterocycles. The van der Waals surface area contributed by atoms with Gasteiger partial charge in [0, 0.05) is 18.7 Å². The van der Waals surface area contributed by atoms with Gasteiger partial charge in [-0.2, -0.15) is 0 Å². The molecule has 2 rings (SSSR count). The van der Waals surface area contributed by atoms with Gasteiger partial charge in [0.2, 0.25) is 0 Å². The number of nitrogens with one attached hydrogen (secondary N) is 2. The number of hydrogen-bond donors (Lipinski definition) is 3. The minimum absolute atomic E-state index is 0.258. The second kappa shape index (κ2) is 11.3. The first-order valence-electron chi connectivity index (χ1n) is 9.56. The minimum Gasteiger partial charge on any atom is -0.496 e. The summed E-state index contributed by atoms with van der Waals surface area (Å²) in [5.41, 5.74) is 0.837. The monoisotopic (exact) mass is 385 g/mol. The zero-order valence-electron chi connectivity index (χ0n) is 16.9. The predicted octanol–water partition coefficient (Wildman–Crippen LogP) is 2.67. The highest BCUT2D eigenvalue weighted by Crippen LogP contribution is 2.20. The number of guanidine groups is 1. The van der Waals surface area contributed by atoms with Gasteiger partial charge in [-0.25, -0.2) is 4.99 Å². The largest absolute Gasteiger partial charge is 0.496 e. The lowest BCUT2D eigenvalue weighted by atomic mass is 9.96. The molecule has 1 unspecified atom stereocenters. The molecule has 0 heterocycles. The molecule has 0 aromatic heterocycles. The summed E-state index contributed by atoms with van der Waals surface area (Å²) in [6.07, 6.45) is 0. The molecule has 6 heteroatoms.